The van der Waals surface area contributed by atoms with Crippen LogP contribution < -0.4 is 0 Å². The molecule has 0 aromatic carbocycles. The van der Waals surface area contributed by atoms with Gasteiger partial charge in [-0.25, -0.2) is 0 Å². The predicted molar refractivity (Wildman–Crippen MR) is 79.6 cm³/mol. The monoisotopic (exact) mass is 292 g/mol. The van der Waals surface area contributed by atoms with E-state index in [2.05, 4.69) is 11.2 Å². The van der Waals surface area contributed by atoms with Crippen LogP contribution in [0.2, 0.25) is 0 Å². The van der Waals surface area contributed by atoms with E-state index >= 15 is 0 Å². The van der Waals surface area contributed by atoms with Crippen molar-refractivity contribution in [1.82, 2.24) is 14.7 Å². The molecule has 0 aliphatic carbocycles. The number of hydrogen-bond donors (Lipinski definition) is 0. The molecule has 1 aromatic heterocycles. The van der Waals surface area contributed by atoms with Crippen LogP contribution in [0.25, 0.3) is 0 Å². The summed E-state index contributed by atoms with van der Waals surface area (Å²) in [6.45, 7) is 3.30. The average Bonchev–Trinajstić information content (AvgIpc) is 2.88. The van der Waals surface area contributed by atoms with Crippen molar-refractivity contribution >= 4 is 17.7 Å². The first-order chi connectivity index (χ1) is 9.55. The molecule has 2 rings (SSSR count). The number of aromatic nitrogens is 2. The number of hydrogen-bond acceptors (Lipinski definition) is 4. The molecule has 108 valence electrons. The zero-order valence-corrected chi connectivity index (χ0v) is 13.0. The van der Waals surface area contributed by atoms with E-state index in [0.717, 1.165) is 25.0 Å². The third-order valence-corrected chi connectivity index (χ3v) is 5.25. The SMILES string of the molecule is CCc1cc(C(=O)N2CCC(C#N)(SC)CC2)n(C)n1. The van der Waals surface area contributed by atoms with Crippen LogP contribution in [-0.4, -0.2) is 44.7 Å². The summed E-state index contributed by atoms with van der Waals surface area (Å²) in [6.07, 6.45) is 4.25. The van der Waals surface area contributed by atoms with Crippen LogP contribution >= 0.6 is 11.8 Å². The lowest BCUT2D eigenvalue weighted by Crippen LogP contribution is -2.44. The first-order valence-corrected chi connectivity index (χ1v) is 8.06. The number of piperidine rings is 1. The molecule has 2 heterocycles. The maximum atomic E-state index is 12.5. The topological polar surface area (TPSA) is 61.9 Å². The number of nitriles is 1. The third kappa shape index (κ3) is 2.68. The van der Waals surface area contributed by atoms with Crippen LogP contribution in [0.15, 0.2) is 6.07 Å². The van der Waals surface area contributed by atoms with Gasteiger partial charge in [-0.15, -0.1) is 11.8 Å². The molecular weight excluding hydrogens is 272 g/mol. The van der Waals surface area contributed by atoms with E-state index in [1.54, 1.807) is 23.5 Å². The quantitative estimate of drug-likeness (QED) is 0.853. The van der Waals surface area contributed by atoms with E-state index in [1.807, 2.05) is 24.1 Å². The molecule has 1 aromatic rings. The van der Waals surface area contributed by atoms with E-state index in [0.29, 0.717) is 18.8 Å². The fraction of sp³-hybridized carbons (Fsp3) is 0.643. The van der Waals surface area contributed by atoms with Crippen molar-refractivity contribution in [3.63, 3.8) is 0 Å². The second-order valence-electron chi connectivity index (χ2n) is 5.10. The number of amides is 1. The first-order valence-electron chi connectivity index (χ1n) is 6.84. The Kier molecular flexibility index (Phi) is 4.39. The molecule has 1 aliphatic heterocycles. The lowest BCUT2D eigenvalue weighted by molar-refractivity contribution is 0.0705. The minimum atomic E-state index is -0.322. The molecule has 0 unspecified atom stereocenters. The summed E-state index contributed by atoms with van der Waals surface area (Å²) < 4.78 is 1.33. The molecule has 1 aliphatic rings. The highest BCUT2D eigenvalue weighted by Gasteiger charge is 2.36. The van der Waals surface area contributed by atoms with Gasteiger partial charge in [0.25, 0.3) is 5.91 Å². The Hall–Kier alpha value is -1.48. The lowest BCUT2D eigenvalue weighted by Gasteiger charge is -2.36. The highest BCUT2D eigenvalue weighted by Crippen LogP contribution is 2.34. The summed E-state index contributed by atoms with van der Waals surface area (Å²) in [5, 5.41) is 13.6. The van der Waals surface area contributed by atoms with E-state index in [4.69, 9.17) is 0 Å². The molecule has 0 bridgehead atoms. The van der Waals surface area contributed by atoms with Crippen LogP contribution in [0.3, 0.4) is 0 Å². The standard InChI is InChI=1S/C14H20N4OS/c1-4-11-9-12(17(2)16-11)13(19)18-7-5-14(10-15,20-3)6-8-18/h9H,4-8H2,1-3H3. The van der Waals surface area contributed by atoms with Crippen LogP contribution in [0.5, 0.6) is 0 Å². The van der Waals surface area contributed by atoms with Crippen LogP contribution in [0, 0.1) is 11.3 Å². The molecule has 6 heteroatoms. The number of aryl methyl sites for hydroxylation is 2. The zero-order valence-electron chi connectivity index (χ0n) is 12.2. The summed E-state index contributed by atoms with van der Waals surface area (Å²) in [4.78, 5) is 14.3. The number of carbonyl (C=O) groups is 1. The fourth-order valence-corrected chi connectivity index (χ4v) is 3.18. The highest BCUT2D eigenvalue weighted by atomic mass is 32.2. The van der Waals surface area contributed by atoms with Crippen LogP contribution in [0.4, 0.5) is 0 Å². The maximum absolute atomic E-state index is 12.5. The van der Waals surface area contributed by atoms with Gasteiger partial charge in [0.2, 0.25) is 0 Å². The molecular formula is C14H20N4OS. The van der Waals surface area contributed by atoms with E-state index in [9.17, 15) is 10.1 Å². The van der Waals surface area contributed by atoms with Crippen LogP contribution in [0.1, 0.15) is 35.9 Å². The Morgan fingerprint density at radius 3 is 2.65 bits per heavy atom. The van der Waals surface area contributed by atoms with Gasteiger partial charge >= 0.3 is 0 Å². The van der Waals surface area contributed by atoms with Crippen molar-refractivity contribution in [1.29, 1.82) is 5.26 Å². The van der Waals surface area contributed by atoms with E-state index in [-0.39, 0.29) is 10.7 Å². The number of carbonyl (C=O) groups excluding carboxylic acids is 1. The summed E-state index contributed by atoms with van der Waals surface area (Å²) >= 11 is 1.60. The molecule has 0 N–H and O–H groups in total. The second-order valence-corrected chi connectivity index (χ2v) is 6.29. The van der Waals surface area contributed by atoms with Gasteiger partial charge in [-0.2, -0.15) is 10.4 Å². The molecule has 5 nitrogen and oxygen atoms in total. The molecule has 20 heavy (non-hydrogen) atoms. The lowest BCUT2D eigenvalue weighted by atomic mass is 9.97. The number of thioether (sulfide) groups is 1. The summed E-state index contributed by atoms with van der Waals surface area (Å²) in [6, 6.07) is 4.26. The summed E-state index contributed by atoms with van der Waals surface area (Å²) in [7, 11) is 1.80. The molecule has 1 amide bonds. The zero-order chi connectivity index (χ0) is 14.8. The van der Waals surface area contributed by atoms with Gasteiger partial charge < -0.3 is 4.90 Å². The van der Waals surface area contributed by atoms with Crippen molar-refractivity contribution in [3.8, 4) is 6.07 Å². The number of nitrogens with zero attached hydrogens (tertiary/aromatic N) is 4. The van der Waals surface area contributed by atoms with Crippen molar-refractivity contribution < 1.29 is 4.79 Å². The summed E-state index contributed by atoms with van der Waals surface area (Å²) in [5.74, 6) is 0.0207. The van der Waals surface area contributed by atoms with Gasteiger partial charge in [-0.3, -0.25) is 9.48 Å². The fourth-order valence-electron chi connectivity index (χ4n) is 2.49. The Morgan fingerprint density at radius 2 is 2.20 bits per heavy atom. The molecule has 0 saturated carbocycles. The van der Waals surface area contributed by atoms with Gasteiger partial charge in [-0.1, -0.05) is 6.92 Å². The minimum absolute atomic E-state index is 0.0207. The maximum Gasteiger partial charge on any atom is 0.272 e. The van der Waals surface area contributed by atoms with E-state index in [1.165, 1.54) is 0 Å². The third-order valence-electron chi connectivity index (χ3n) is 3.96. The van der Waals surface area contributed by atoms with Gasteiger partial charge in [0.15, 0.2) is 0 Å². The molecule has 1 fully saturated rings. The smallest absolute Gasteiger partial charge is 0.272 e. The Labute approximate surface area is 123 Å². The van der Waals surface area contributed by atoms with Crippen LogP contribution in [-0.2, 0) is 13.5 Å². The van der Waals surface area contributed by atoms with Gasteiger partial charge in [0, 0.05) is 20.1 Å². The molecule has 1 saturated heterocycles. The molecule has 0 spiro atoms. The average molecular weight is 292 g/mol. The van der Waals surface area contributed by atoms with Gasteiger partial charge in [0.05, 0.1) is 11.8 Å². The normalized spacial score (nSPS) is 17.8. The molecule has 0 radical (unpaired) electrons. The predicted octanol–water partition coefficient (Wildman–Crippen LogP) is 1.84. The Morgan fingerprint density at radius 1 is 1.55 bits per heavy atom. The Bertz CT molecular complexity index is 538. The largest absolute Gasteiger partial charge is 0.337 e. The van der Waals surface area contributed by atoms with Gasteiger partial charge in [-0.05, 0) is 31.6 Å². The highest BCUT2D eigenvalue weighted by molar-refractivity contribution is 8.00. The Balaban J connectivity index is 2.09. The van der Waals surface area contributed by atoms with Crippen molar-refractivity contribution in [2.45, 2.75) is 30.9 Å². The van der Waals surface area contributed by atoms with Crippen molar-refractivity contribution in [2.24, 2.45) is 7.05 Å². The van der Waals surface area contributed by atoms with Gasteiger partial charge in [0.1, 0.15) is 10.4 Å². The van der Waals surface area contributed by atoms with E-state index < -0.39 is 0 Å². The second kappa shape index (κ2) is 5.88. The van der Waals surface area contributed by atoms with Crippen molar-refractivity contribution in [3.05, 3.63) is 17.5 Å². The number of likely N-dealkylation sites (tertiary alicyclic amines) is 1. The molecule has 0 atom stereocenters. The summed E-state index contributed by atoms with van der Waals surface area (Å²) in [5.41, 5.74) is 1.57. The van der Waals surface area contributed by atoms with Crippen molar-refractivity contribution in [2.75, 3.05) is 19.3 Å². The number of rotatable bonds is 3. The first kappa shape index (κ1) is 14.9. The minimum Gasteiger partial charge on any atom is -0.337 e.